The third-order valence-corrected chi connectivity index (χ3v) is 4.71. The van der Waals surface area contributed by atoms with Crippen molar-refractivity contribution in [3.05, 3.63) is 75.8 Å². The van der Waals surface area contributed by atoms with E-state index in [2.05, 4.69) is 5.32 Å². The van der Waals surface area contributed by atoms with Gasteiger partial charge in [0.2, 0.25) is 6.10 Å². The van der Waals surface area contributed by atoms with Gasteiger partial charge in [0.25, 0.3) is 17.5 Å². The minimum Gasteiger partial charge on any atom is -0.446 e. The maximum Gasteiger partial charge on any atom is 0.326 e. The molecule has 1 aliphatic rings. The summed E-state index contributed by atoms with van der Waals surface area (Å²) in [5, 5.41) is 13.2. The van der Waals surface area contributed by atoms with Crippen LogP contribution in [0, 0.1) is 10.1 Å². The normalized spacial score (nSPS) is 14.1. The van der Waals surface area contributed by atoms with Crippen molar-refractivity contribution in [3.63, 3.8) is 0 Å². The van der Waals surface area contributed by atoms with Gasteiger partial charge in [-0.3, -0.25) is 24.5 Å². The average Bonchev–Trinajstić information content (AvgIpc) is 3.31. The molecule has 9 nitrogen and oxygen atoms in total. The van der Waals surface area contributed by atoms with Crippen LogP contribution >= 0.6 is 0 Å². The van der Waals surface area contributed by atoms with Crippen LogP contribution in [0.3, 0.4) is 0 Å². The first-order valence-electron chi connectivity index (χ1n) is 9.51. The van der Waals surface area contributed by atoms with E-state index in [1.807, 2.05) is 0 Å². The number of esters is 1. The van der Waals surface area contributed by atoms with Gasteiger partial charge in [-0.1, -0.05) is 36.4 Å². The molecule has 1 aliphatic heterocycles. The maximum atomic E-state index is 12.8. The molecule has 0 aliphatic carbocycles. The Balaban J connectivity index is 1.64. The zero-order valence-electron chi connectivity index (χ0n) is 16.2. The Morgan fingerprint density at radius 1 is 1.07 bits per heavy atom. The lowest BCUT2D eigenvalue weighted by molar-refractivity contribution is -0.384. The van der Waals surface area contributed by atoms with E-state index in [0.717, 1.165) is 18.9 Å². The number of carbonyl (C=O) groups excluding carboxylic acids is 3. The summed E-state index contributed by atoms with van der Waals surface area (Å²) in [6.45, 7) is 0.755. The summed E-state index contributed by atoms with van der Waals surface area (Å²) >= 11 is 0. The van der Waals surface area contributed by atoms with Crippen molar-refractivity contribution in [1.29, 1.82) is 0 Å². The highest BCUT2D eigenvalue weighted by atomic mass is 16.6. The summed E-state index contributed by atoms with van der Waals surface area (Å²) in [7, 11) is 0. The van der Waals surface area contributed by atoms with E-state index >= 15 is 0 Å². The highest BCUT2D eigenvalue weighted by Crippen LogP contribution is 2.23. The van der Waals surface area contributed by atoms with Crippen molar-refractivity contribution >= 4 is 23.5 Å². The number of carbonyl (C=O) groups is 3. The van der Waals surface area contributed by atoms with Gasteiger partial charge in [0.05, 0.1) is 4.92 Å². The largest absolute Gasteiger partial charge is 0.446 e. The molecule has 0 radical (unpaired) electrons. The van der Waals surface area contributed by atoms with Gasteiger partial charge in [-0.2, -0.15) is 0 Å². The van der Waals surface area contributed by atoms with Gasteiger partial charge in [0.15, 0.2) is 0 Å². The summed E-state index contributed by atoms with van der Waals surface area (Å²) in [6.07, 6.45) is 0.715. The van der Waals surface area contributed by atoms with E-state index in [-0.39, 0.29) is 17.2 Å². The van der Waals surface area contributed by atoms with Gasteiger partial charge in [-0.05, 0) is 18.9 Å². The topological polar surface area (TPSA) is 119 Å². The SMILES string of the molecule is O=C(CNC(=O)c1cccc([N+](=O)[O-])c1)O[C@@H](C(=O)N1CCCC1)c1ccccc1. The third kappa shape index (κ3) is 5.19. The van der Waals surface area contributed by atoms with Crippen LogP contribution in [-0.4, -0.2) is 47.2 Å². The molecule has 1 heterocycles. The fourth-order valence-corrected chi connectivity index (χ4v) is 3.18. The second-order valence-corrected chi connectivity index (χ2v) is 6.80. The number of amides is 2. The molecular weight excluding hydrogens is 390 g/mol. The van der Waals surface area contributed by atoms with Crippen LogP contribution in [0.4, 0.5) is 5.69 Å². The monoisotopic (exact) mass is 411 g/mol. The molecule has 1 fully saturated rings. The second-order valence-electron chi connectivity index (χ2n) is 6.80. The number of nitrogens with one attached hydrogen (secondary N) is 1. The molecule has 1 N–H and O–H groups in total. The molecule has 1 saturated heterocycles. The average molecular weight is 411 g/mol. The molecule has 156 valence electrons. The summed E-state index contributed by atoms with van der Waals surface area (Å²) in [5.41, 5.74) is 0.364. The van der Waals surface area contributed by atoms with Crippen LogP contribution in [0.5, 0.6) is 0 Å². The van der Waals surface area contributed by atoms with E-state index in [1.165, 1.54) is 18.2 Å². The predicted octanol–water partition coefficient (Wildman–Crippen LogP) is 2.23. The first-order chi connectivity index (χ1) is 14.5. The summed E-state index contributed by atoms with van der Waals surface area (Å²) in [6, 6.07) is 13.9. The number of nitro groups is 1. The standard InChI is InChI=1S/C21H21N3O6/c25-18(14-22-20(26)16-9-6-10-17(13-16)24(28)29)30-19(15-7-2-1-3-8-15)21(27)23-11-4-5-12-23/h1-3,6-10,13,19H,4-5,11-12,14H2,(H,22,26)/t19-/m1/s1. The smallest absolute Gasteiger partial charge is 0.326 e. The molecule has 2 amide bonds. The van der Waals surface area contributed by atoms with Gasteiger partial charge in [-0.25, -0.2) is 0 Å². The van der Waals surface area contributed by atoms with E-state index in [9.17, 15) is 24.5 Å². The van der Waals surface area contributed by atoms with Gasteiger partial charge in [0.1, 0.15) is 6.54 Å². The first kappa shape index (κ1) is 21.0. The van der Waals surface area contributed by atoms with Crippen molar-refractivity contribution in [2.24, 2.45) is 0 Å². The number of likely N-dealkylation sites (tertiary alicyclic amines) is 1. The number of benzene rings is 2. The summed E-state index contributed by atoms with van der Waals surface area (Å²) in [4.78, 5) is 49.3. The fourth-order valence-electron chi connectivity index (χ4n) is 3.18. The molecule has 2 aromatic carbocycles. The van der Waals surface area contributed by atoms with Gasteiger partial charge in [0, 0.05) is 36.3 Å². The van der Waals surface area contributed by atoms with Gasteiger partial charge >= 0.3 is 5.97 Å². The summed E-state index contributed by atoms with van der Waals surface area (Å²) < 4.78 is 5.41. The Labute approximate surface area is 172 Å². The molecule has 0 spiro atoms. The van der Waals surface area contributed by atoms with Crippen LogP contribution in [0.2, 0.25) is 0 Å². The van der Waals surface area contributed by atoms with Crippen molar-refractivity contribution in [1.82, 2.24) is 10.2 Å². The minimum atomic E-state index is -1.09. The number of nitro benzene ring substituents is 1. The number of ether oxygens (including phenoxy) is 1. The molecule has 2 aromatic rings. The molecule has 1 atom stereocenters. The first-order valence-corrected chi connectivity index (χ1v) is 9.51. The maximum absolute atomic E-state index is 12.8. The number of non-ortho nitro benzene ring substituents is 1. The zero-order valence-corrected chi connectivity index (χ0v) is 16.2. The zero-order chi connectivity index (χ0) is 21.5. The van der Waals surface area contributed by atoms with Gasteiger partial charge in [-0.15, -0.1) is 0 Å². The van der Waals surface area contributed by atoms with Crippen molar-refractivity contribution in [3.8, 4) is 0 Å². The Bertz CT molecular complexity index is 941. The van der Waals surface area contributed by atoms with E-state index in [0.29, 0.717) is 18.7 Å². The van der Waals surface area contributed by atoms with Crippen LogP contribution in [0.25, 0.3) is 0 Å². The lowest BCUT2D eigenvalue weighted by Gasteiger charge is -2.23. The Morgan fingerprint density at radius 3 is 2.43 bits per heavy atom. The fraction of sp³-hybridized carbons (Fsp3) is 0.286. The highest BCUT2D eigenvalue weighted by Gasteiger charge is 2.31. The molecule has 0 unspecified atom stereocenters. The Morgan fingerprint density at radius 2 is 1.77 bits per heavy atom. The van der Waals surface area contributed by atoms with Gasteiger partial charge < -0.3 is 15.0 Å². The predicted molar refractivity (Wildman–Crippen MR) is 107 cm³/mol. The van der Waals surface area contributed by atoms with Crippen LogP contribution < -0.4 is 5.32 Å². The number of rotatable bonds is 7. The number of nitrogens with zero attached hydrogens (tertiary/aromatic N) is 2. The van der Waals surface area contributed by atoms with Crippen LogP contribution in [-0.2, 0) is 14.3 Å². The molecule has 9 heteroatoms. The lowest BCUT2D eigenvalue weighted by atomic mass is 10.1. The second kappa shape index (κ2) is 9.64. The number of hydrogen-bond donors (Lipinski definition) is 1. The molecular formula is C21H21N3O6. The molecule has 0 aromatic heterocycles. The van der Waals surface area contributed by atoms with Crippen molar-refractivity contribution in [2.75, 3.05) is 19.6 Å². The molecule has 3 rings (SSSR count). The molecule has 30 heavy (non-hydrogen) atoms. The lowest BCUT2D eigenvalue weighted by Crippen LogP contribution is -2.37. The van der Waals surface area contributed by atoms with Crippen LogP contribution in [0.15, 0.2) is 54.6 Å². The molecule has 0 saturated carbocycles. The number of hydrogen-bond acceptors (Lipinski definition) is 6. The Hall–Kier alpha value is -3.75. The Kier molecular flexibility index (Phi) is 6.74. The quantitative estimate of drug-likeness (QED) is 0.424. The summed E-state index contributed by atoms with van der Waals surface area (Å²) in [5.74, 6) is -1.73. The van der Waals surface area contributed by atoms with E-state index < -0.39 is 29.4 Å². The third-order valence-electron chi connectivity index (χ3n) is 4.71. The van der Waals surface area contributed by atoms with Crippen LogP contribution in [0.1, 0.15) is 34.9 Å². The van der Waals surface area contributed by atoms with Crippen molar-refractivity contribution < 1.29 is 24.0 Å². The van der Waals surface area contributed by atoms with E-state index in [1.54, 1.807) is 35.2 Å². The van der Waals surface area contributed by atoms with Crippen molar-refractivity contribution in [2.45, 2.75) is 18.9 Å². The highest BCUT2D eigenvalue weighted by molar-refractivity contribution is 5.96. The minimum absolute atomic E-state index is 0.0461. The molecule has 0 bridgehead atoms. The van der Waals surface area contributed by atoms with E-state index in [4.69, 9.17) is 4.74 Å².